The maximum Gasteiger partial charge on any atom is 0.238 e. The molecule has 1 heterocycles. The van der Waals surface area contributed by atoms with Crippen LogP contribution in [0.15, 0.2) is 35.5 Å². The van der Waals surface area contributed by atoms with E-state index in [1.807, 2.05) is 49.2 Å². The number of hydrogen-bond acceptors (Lipinski definition) is 4. The molecule has 1 fully saturated rings. The second-order valence-corrected chi connectivity index (χ2v) is 5.51. The molecule has 1 aromatic carbocycles. The van der Waals surface area contributed by atoms with Gasteiger partial charge in [-0.25, -0.2) is 0 Å². The lowest BCUT2D eigenvalue weighted by molar-refractivity contribution is -0.135. The molecule has 0 aliphatic carbocycles. The van der Waals surface area contributed by atoms with Crippen LogP contribution in [0.1, 0.15) is 18.4 Å². The number of amidine groups is 1. The molecule has 3 N–H and O–H groups in total. The molecule has 0 aromatic heterocycles. The third-order valence-electron chi connectivity index (χ3n) is 3.90. The zero-order valence-corrected chi connectivity index (χ0v) is 12.4. The Morgan fingerprint density at radius 3 is 2.62 bits per heavy atom. The number of amides is 1. The predicted molar refractivity (Wildman–Crippen MR) is 81.3 cm³/mol. The molecule has 2 rings (SSSR count). The lowest BCUT2D eigenvalue weighted by Gasteiger charge is -2.39. The van der Waals surface area contributed by atoms with Crippen molar-refractivity contribution in [1.29, 1.82) is 0 Å². The van der Waals surface area contributed by atoms with Crippen LogP contribution in [-0.2, 0) is 4.79 Å². The van der Waals surface area contributed by atoms with Crippen LogP contribution in [0.2, 0.25) is 0 Å². The smallest absolute Gasteiger partial charge is 0.238 e. The van der Waals surface area contributed by atoms with E-state index in [1.54, 1.807) is 0 Å². The minimum atomic E-state index is -0.734. The van der Waals surface area contributed by atoms with Gasteiger partial charge in [-0.2, -0.15) is 0 Å². The monoisotopic (exact) mass is 290 g/mol. The number of rotatable bonds is 3. The fourth-order valence-corrected chi connectivity index (χ4v) is 2.78. The van der Waals surface area contributed by atoms with E-state index in [1.165, 1.54) is 0 Å². The van der Waals surface area contributed by atoms with Crippen LogP contribution in [0.4, 0.5) is 0 Å². The molecule has 1 amide bonds. The summed E-state index contributed by atoms with van der Waals surface area (Å²) in [6.45, 7) is 4.32. The van der Waals surface area contributed by atoms with Crippen molar-refractivity contribution in [2.24, 2.45) is 10.9 Å². The maximum atomic E-state index is 12.9. The summed E-state index contributed by atoms with van der Waals surface area (Å²) in [5.41, 5.74) is 6.51. The van der Waals surface area contributed by atoms with Crippen LogP contribution in [0.3, 0.4) is 0 Å². The van der Waals surface area contributed by atoms with Gasteiger partial charge in [-0.05, 0) is 19.5 Å². The molecule has 1 aromatic rings. The predicted octanol–water partition coefficient (Wildman–Crippen LogP) is 0.679. The van der Waals surface area contributed by atoms with Crippen molar-refractivity contribution >= 4 is 11.7 Å². The zero-order valence-electron chi connectivity index (χ0n) is 12.4. The number of likely N-dealkylation sites (N-methyl/N-ethyl adjacent to an activating group) is 1. The van der Waals surface area contributed by atoms with E-state index in [9.17, 15) is 4.79 Å². The summed E-state index contributed by atoms with van der Waals surface area (Å²) in [6.07, 6.45) is 0. The first-order valence-electron chi connectivity index (χ1n) is 7.06. The van der Waals surface area contributed by atoms with Gasteiger partial charge in [0.25, 0.3) is 0 Å². The van der Waals surface area contributed by atoms with Crippen LogP contribution in [0, 0.1) is 0 Å². The Morgan fingerprint density at radius 2 is 2.05 bits per heavy atom. The number of hydrogen-bond donors (Lipinski definition) is 2. The fraction of sp³-hybridized carbons (Fsp3) is 0.467. The fourth-order valence-electron chi connectivity index (χ4n) is 2.78. The third-order valence-corrected chi connectivity index (χ3v) is 3.90. The number of nitrogens with zero attached hydrogens (tertiary/aromatic N) is 3. The Balaban J connectivity index is 2.27. The highest BCUT2D eigenvalue weighted by Gasteiger charge is 2.34. The Bertz CT molecular complexity index is 518. The average Bonchev–Trinajstić information content (AvgIpc) is 2.48. The van der Waals surface area contributed by atoms with E-state index in [4.69, 9.17) is 10.9 Å². The quantitative estimate of drug-likeness (QED) is 0.371. The molecule has 21 heavy (non-hydrogen) atoms. The highest BCUT2D eigenvalue weighted by molar-refractivity contribution is 6.07. The number of benzene rings is 1. The lowest BCUT2D eigenvalue weighted by Crippen LogP contribution is -2.55. The molecule has 2 unspecified atom stereocenters. The molecule has 0 spiro atoms. The van der Waals surface area contributed by atoms with Gasteiger partial charge in [0.15, 0.2) is 5.84 Å². The standard InChI is InChI=1S/C15H22N4O2/c1-11-10-18(2)8-9-19(11)15(20)13(14(16)17-21)12-6-4-3-5-7-12/h3-7,11,13,21H,8-10H2,1-2H3,(H2,16,17). The van der Waals surface area contributed by atoms with Crippen molar-refractivity contribution in [3.8, 4) is 0 Å². The Hall–Kier alpha value is -2.08. The Labute approximate surface area is 124 Å². The van der Waals surface area contributed by atoms with Crippen molar-refractivity contribution < 1.29 is 10.0 Å². The van der Waals surface area contributed by atoms with Gasteiger partial charge in [0.05, 0.1) is 0 Å². The van der Waals surface area contributed by atoms with Gasteiger partial charge in [0.2, 0.25) is 5.91 Å². The first-order chi connectivity index (χ1) is 10.0. The molecule has 0 radical (unpaired) electrons. The largest absolute Gasteiger partial charge is 0.409 e. The van der Waals surface area contributed by atoms with Crippen molar-refractivity contribution in [2.45, 2.75) is 18.9 Å². The molecular weight excluding hydrogens is 268 g/mol. The van der Waals surface area contributed by atoms with Crippen molar-refractivity contribution in [2.75, 3.05) is 26.7 Å². The molecule has 2 atom stereocenters. The topological polar surface area (TPSA) is 82.2 Å². The van der Waals surface area contributed by atoms with E-state index >= 15 is 0 Å². The number of piperazine rings is 1. The molecule has 1 aliphatic rings. The molecule has 1 aliphatic heterocycles. The summed E-state index contributed by atoms with van der Waals surface area (Å²) in [6, 6.07) is 9.30. The maximum absolute atomic E-state index is 12.9. The van der Waals surface area contributed by atoms with Gasteiger partial charge in [-0.3, -0.25) is 4.79 Å². The van der Waals surface area contributed by atoms with E-state index in [0.29, 0.717) is 6.54 Å². The number of carbonyl (C=O) groups excluding carboxylic acids is 1. The molecule has 114 valence electrons. The van der Waals surface area contributed by atoms with E-state index in [2.05, 4.69) is 10.1 Å². The molecule has 1 saturated heterocycles. The lowest BCUT2D eigenvalue weighted by atomic mass is 9.95. The van der Waals surface area contributed by atoms with Gasteiger partial charge in [0.1, 0.15) is 5.92 Å². The SMILES string of the molecule is CC1CN(C)CCN1C(=O)C(/C(N)=N/O)c1ccccc1. The zero-order chi connectivity index (χ0) is 15.4. The van der Waals surface area contributed by atoms with Gasteiger partial charge >= 0.3 is 0 Å². The minimum Gasteiger partial charge on any atom is -0.409 e. The van der Waals surface area contributed by atoms with Crippen molar-refractivity contribution in [3.63, 3.8) is 0 Å². The summed E-state index contributed by atoms with van der Waals surface area (Å²) in [5, 5.41) is 12.1. The van der Waals surface area contributed by atoms with Crippen LogP contribution in [0.25, 0.3) is 0 Å². The summed E-state index contributed by atoms with van der Waals surface area (Å²) < 4.78 is 0. The highest BCUT2D eigenvalue weighted by Crippen LogP contribution is 2.21. The van der Waals surface area contributed by atoms with Crippen LogP contribution in [-0.4, -0.2) is 59.5 Å². The summed E-state index contributed by atoms with van der Waals surface area (Å²) >= 11 is 0. The van der Waals surface area contributed by atoms with Gasteiger partial charge in [-0.15, -0.1) is 0 Å². The van der Waals surface area contributed by atoms with E-state index < -0.39 is 5.92 Å². The van der Waals surface area contributed by atoms with Crippen LogP contribution in [0.5, 0.6) is 0 Å². The summed E-state index contributed by atoms with van der Waals surface area (Å²) in [4.78, 5) is 16.9. The van der Waals surface area contributed by atoms with Gasteiger partial charge in [-0.1, -0.05) is 35.5 Å². The van der Waals surface area contributed by atoms with Crippen molar-refractivity contribution in [1.82, 2.24) is 9.80 Å². The Morgan fingerprint density at radius 1 is 1.38 bits per heavy atom. The number of oxime groups is 1. The minimum absolute atomic E-state index is 0.0719. The number of nitrogens with two attached hydrogens (primary N) is 1. The van der Waals surface area contributed by atoms with E-state index in [0.717, 1.165) is 18.7 Å². The second kappa shape index (κ2) is 6.58. The molecule has 6 heteroatoms. The summed E-state index contributed by atoms with van der Waals surface area (Å²) in [7, 11) is 2.04. The molecule has 0 saturated carbocycles. The molecular formula is C15H22N4O2. The Kier molecular flexibility index (Phi) is 4.80. The average molecular weight is 290 g/mol. The highest BCUT2D eigenvalue weighted by atomic mass is 16.4. The second-order valence-electron chi connectivity index (χ2n) is 5.51. The van der Waals surface area contributed by atoms with Crippen LogP contribution >= 0.6 is 0 Å². The number of carbonyl (C=O) groups is 1. The van der Waals surface area contributed by atoms with Crippen molar-refractivity contribution in [3.05, 3.63) is 35.9 Å². The van der Waals surface area contributed by atoms with Crippen LogP contribution < -0.4 is 5.73 Å². The summed E-state index contributed by atoms with van der Waals surface area (Å²) in [5.74, 6) is -0.920. The first kappa shape index (κ1) is 15.3. The first-order valence-corrected chi connectivity index (χ1v) is 7.06. The van der Waals surface area contributed by atoms with Gasteiger partial charge < -0.3 is 20.7 Å². The normalized spacial score (nSPS) is 22.1. The molecule has 0 bridgehead atoms. The third kappa shape index (κ3) is 3.33. The molecule has 6 nitrogen and oxygen atoms in total. The van der Waals surface area contributed by atoms with Gasteiger partial charge in [0, 0.05) is 25.7 Å². The van der Waals surface area contributed by atoms with E-state index in [-0.39, 0.29) is 17.8 Å².